The Labute approximate surface area is 92.5 Å². The molecule has 1 heteroatoms. The van der Waals surface area contributed by atoms with Gasteiger partial charge in [-0.3, -0.25) is 0 Å². The lowest BCUT2D eigenvalue weighted by Gasteiger charge is -2.46. The van der Waals surface area contributed by atoms with Crippen molar-refractivity contribution in [2.75, 3.05) is 0 Å². The summed E-state index contributed by atoms with van der Waals surface area (Å²) in [5.74, 6) is 1.60. The van der Waals surface area contributed by atoms with Crippen molar-refractivity contribution in [1.29, 1.82) is 0 Å². The van der Waals surface area contributed by atoms with Crippen molar-refractivity contribution >= 4 is 8.07 Å². The molecule has 0 aliphatic rings. The summed E-state index contributed by atoms with van der Waals surface area (Å²) in [6.07, 6.45) is 0. The van der Waals surface area contributed by atoms with Gasteiger partial charge in [0.15, 0.2) is 0 Å². The number of rotatable bonds is 3. The zero-order valence-electron chi connectivity index (χ0n) is 11.7. The molecule has 0 nitrogen and oxygen atoms in total. The zero-order chi connectivity index (χ0) is 11.8. The molecule has 1 radical (unpaired) electrons. The van der Waals surface area contributed by atoms with Gasteiger partial charge in [-0.05, 0) is 16.4 Å². The van der Waals surface area contributed by atoms with Crippen LogP contribution in [0, 0.1) is 11.3 Å². The van der Waals surface area contributed by atoms with Gasteiger partial charge in [0.1, 0.15) is 0 Å². The van der Waals surface area contributed by atoms with E-state index in [1.807, 2.05) is 0 Å². The maximum Gasteiger partial charge on any atom is 0.0541 e. The van der Waals surface area contributed by atoms with Crippen LogP contribution in [0.25, 0.3) is 0 Å². The Balaban J connectivity index is 4.78. The molecule has 0 atom stereocenters. The van der Waals surface area contributed by atoms with Crippen molar-refractivity contribution in [2.45, 2.75) is 72.6 Å². The normalized spacial score (nSPS) is 15.0. The summed E-state index contributed by atoms with van der Waals surface area (Å²) in [4.78, 5) is 0. The highest BCUT2D eigenvalue weighted by molar-refractivity contribution is 6.80. The first-order valence-electron chi connectivity index (χ1n) is 5.71. The Bertz CT molecular complexity index is 182. The topological polar surface area (TPSA) is 0 Å². The molecule has 0 amide bonds. The molecule has 0 bridgehead atoms. The van der Waals surface area contributed by atoms with Gasteiger partial charge < -0.3 is 0 Å². The summed E-state index contributed by atoms with van der Waals surface area (Å²) in [6.45, 7) is 21.6. The van der Waals surface area contributed by atoms with Crippen LogP contribution in [0.1, 0.15) is 48.5 Å². The van der Waals surface area contributed by atoms with Crippen LogP contribution in [-0.2, 0) is 0 Å². The van der Waals surface area contributed by atoms with Crippen LogP contribution in [-0.4, -0.2) is 8.07 Å². The van der Waals surface area contributed by atoms with E-state index in [0.29, 0.717) is 10.5 Å². The Morgan fingerprint density at radius 1 is 0.929 bits per heavy atom. The first-order valence-corrected chi connectivity index (χ1v) is 8.91. The summed E-state index contributed by atoms with van der Waals surface area (Å²) in [7, 11) is -1.17. The fourth-order valence-electron chi connectivity index (χ4n) is 2.22. The Kier molecular flexibility index (Phi) is 4.06. The lowest BCUT2D eigenvalue weighted by Crippen LogP contribution is -2.44. The molecular weight excluding hydrogens is 184 g/mol. The van der Waals surface area contributed by atoms with Crippen LogP contribution in [0.4, 0.5) is 0 Å². The minimum absolute atomic E-state index is 0.459. The molecule has 0 N–H and O–H groups in total. The second-order valence-corrected chi connectivity index (χ2v) is 12.6. The molecule has 0 aromatic rings. The molecule has 0 aliphatic carbocycles. The van der Waals surface area contributed by atoms with Gasteiger partial charge in [-0.1, -0.05) is 67.6 Å². The van der Waals surface area contributed by atoms with E-state index in [9.17, 15) is 0 Å². The Morgan fingerprint density at radius 3 is 1.50 bits per heavy atom. The van der Waals surface area contributed by atoms with E-state index in [-0.39, 0.29) is 0 Å². The van der Waals surface area contributed by atoms with Gasteiger partial charge in [0.2, 0.25) is 0 Å². The molecule has 14 heavy (non-hydrogen) atoms. The van der Waals surface area contributed by atoms with Crippen LogP contribution < -0.4 is 0 Å². The third-order valence-corrected chi connectivity index (χ3v) is 9.74. The maximum atomic E-state index is 2.53. The van der Waals surface area contributed by atoms with Crippen molar-refractivity contribution < 1.29 is 0 Å². The number of hydrogen-bond acceptors (Lipinski definition) is 0. The van der Waals surface area contributed by atoms with Gasteiger partial charge in [0.25, 0.3) is 0 Å². The van der Waals surface area contributed by atoms with Crippen LogP contribution in [0.2, 0.25) is 24.2 Å². The van der Waals surface area contributed by atoms with Gasteiger partial charge in [-0.15, -0.1) is 0 Å². The van der Waals surface area contributed by atoms with Gasteiger partial charge in [0, 0.05) is 0 Å². The highest BCUT2D eigenvalue weighted by atomic mass is 28.3. The third kappa shape index (κ3) is 3.41. The summed E-state index contributed by atoms with van der Waals surface area (Å²) in [6, 6.07) is 1.40. The first kappa shape index (κ1) is 14.2. The van der Waals surface area contributed by atoms with Crippen LogP contribution in [0.5, 0.6) is 0 Å². The highest BCUT2D eigenvalue weighted by Crippen LogP contribution is 2.49. The molecule has 0 saturated heterocycles. The van der Waals surface area contributed by atoms with Gasteiger partial charge in [-0.2, -0.15) is 0 Å². The third-order valence-electron chi connectivity index (χ3n) is 3.91. The van der Waals surface area contributed by atoms with E-state index in [4.69, 9.17) is 0 Å². The summed E-state index contributed by atoms with van der Waals surface area (Å²) in [5, 5.41) is 0.459. The summed E-state index contributed by atoms with van der Waals surface area (Å²) < 4.78 is 0. The maximum absolute atomic E-state index is 2.53. The van der Waals surface area contributed by atoms with Crippen LogP contribution >= 0.6 is 0 Å². The lowest BCUT2D eigenvalue weighted by atomic mass is 9.98. The molecule has 0 rings (SSSR count). The van der Waals surface area contributed by atoms with Gasteiger partial charge >= 0.3 is 0 Å². The van der Waals surface area contributed by atoms with E-state index in [0.717, 1.165) is 0 Å². The fraction of sp³-hybridized carbons (Fsp3) is 0.923. The molecule has 0 unspecified atom stereocenters. The largest absolute Gasteiger partial charge is 0.0689 e. The molecule has 0 saturated carbocycles. The predicted molar refractivity (Wildman–Crippen MR) is 70.4 cm³/mol. The van der Waals surface area contributed by atoms with E-state index >= 15 is 0 Å². The predicted octanol–water partition coefficient (Wildman–Crippen LogP) is 5.14. The van der Waals surface area contributed by atoms with Gasteiger partial charge in [0.05, 0.1) is 8.07 Å². The van der Waals surface area contributed by atoms with E-state index in [1.54, 1.807) is 5.92 Å². The quantitative estimate of drug-likeness (QED) is 0.570. The molecule has 0 heterocycles. The zero-order valence-corrected chi connectivity index (χ0v) is 12.7. The Hall–Kier alpha value is 0.217. The van der Waals surface area contributed by atoms with Crippen molar-refractivity contribution in [3.8, 4) is 0 Å². The Morgan fingerprint density at radius 2 is 1.29 bits per heavy atom. The van der Waals surface area contributed by atoms with Crippen molar-refractivity contribution in [3.63, 3.8) is 0 Å². The lowest BCUT2D eigenvalue weighted by molar-refractivity contribution is 0.451. The summed E-state index contributed by atoms with van der Waals surface area (Å²) in [5.41, 5.74) is 0.475. The SMILES string of the molecule is C[C](C)C(C)(C)[Si](C)(C)CC(C)(C)C. The monoisotopic (exact) mass is 213 g/mol. The van der Waals surface area contributed by atoms with Crippen LogP contribution in [0.3, 0.4) is 0 Å². The van der Waals surface area contributed by atoms with Gasteiger partial charge in [-0.25, -0.2) is 0 Å². The molecule has 0 aromatic heterocycles. The van der Waals surface area contributed by atoms with Crippen molar-refractivity contribution in [1.82, 2.24) is 0 Å². The van der Waals surface area contributed by atoms with Crippen molar-refractivity contribution in [3.05, 3.63) is 5.92 Å². The standard InChI is InChI=1S/C13H29Si/c1-11(2)13(6,7)14(8,9)10-12(3,4)5/h10H2,1-9H3. The molecule has 85 valence electrons. The van der Waals surface area contributed by atoms with E-state index in [2.05, 4.69) is 61.6 Å². The fourth-order valence-corrected chi connectivity index (χ4v) is 6.67. The van der Waals surface area contributed by atoms with Crippen molar-refractivity contribution in [2.24, 2.45) is 5.41 Å². The minimum atomic E-state index is -1.17. The second kappa shape index (κ2) is 4.00. The first-order chi connectivity index (χ1) is 5.90. The molecule has 0 fully saturated rings. The van der Waals surface area contributed by atoms with E-state index < -0.39 is 8.07 Å². The molecule has 0 aromatic carbocycles. The van der Waals surface area contributed by atoms with Crippen LogP contribution in [0.15, 0.2) is 0 Å². The molecule has 0 spiro atoms. The average molecular weight is 213 g/mol. The van der Waals surface area contributed by atoms with E-state index in [1.165, 1.54) is 6.04 Å². The highest BCUT2D eigenvalue weighted by Gasteiger charge is 2.43. The second-order valence-electron chi connectivity index (χ2n) is 7.25. The molecular formula is C13H29Si. The summed E-state index contributed by atoms with van der Waals surface area (Å²) >= 11 is 0. The average Bonchev–Trinajstić information content (AvgIpc) is 1.80. The number of hydrogen-bond donors (Lipinski definition) is 0. The minimum Gasteiger partial charge on any atom is -0.0689 e. The smallest absolute Gasteiger partial charge is 0.0541 e. The molecule has 0 aliphatic heterocycles.